The Morgan fingerprint density at radius 1 is 1.29 bits per heavy atom. The fourth-order valence-corrected chi connectivity index (χ4v) is 3.41. The predicted molar refractivity (Wildman–Crippen MR) is 84.6 cm³/mol. The number of aliphatic hydroxyl groups excluding tert-OH is 1. The van der Waals surface area contributed by atoms with Crippen LogP contribution in [0.1, 0.15) is 57.2 Å². The van der Waals surface area contributed by atoms with Crippen LogP contribution in [0, 0.1) is 5.92 Å². The summed E-state index contributed by atoms with van der Waals surface area (Å²) < 4.78 is 0. The second-order valence-corrected chi connectivity index (χ2v) is 6.79. The molecule has 2 aliphatic rings. The van der Waals surface area contributed by atoms with Gasteiger partial charge in [-0.2, -0.15) is 0 Å². The molecule has 2 fully saturated rings. The lowest BCUT2D eigenvalue weighted by Crippen LogP contribution is -2.46. The molecule has 3 rings (SSSR count). The molecular formula is C16H26N4O. The number of nitrogens with one attached hydrogen (secondary N) is 2. The fraction of sp³-hybridized carbons (Fsp3) is 0.750. The molecule has 2 aliphatic carbocycles. The molecule has 0 saturated heterocycles. The molecule has 0 spiro atoms. The van der Waals surface area contributed by atoms with Gasteiger partial charge in [0.05, 0.1) is 12.1 Å². The van der Waals surface area contributed by atoms with E-state index in [-0.39, 0.29) is 12.1 Å². The first-order valence-electron chi connectivity index (χ1n) is 8.10. The summed E-state index contributed by atoms with van der Waals surface area (Å²) in [6, 6.07) is 1.95. The van der Waals surface area contributed by atoms with Crippen molar-refractivity contribution in [3.05, 3.63) is 11.9 Å². The van der Waals surface area contributed by atoms with Crippen molar-refractivity contribution in [2.24, 2.45) is 5.92 Å². The maximum Gasteiger partial charge on any atom is 0.136 e. The monoisotopic (exact) mass is 290 g/mol. The number of anilines is 2. The molecule has 0 aromatic carbocycles. The molecule has 21 heavy (non-hydrogen) atoms. The minimum absolute atomic E-state index is 0.162. The van der Waals surface area contributed by atoms with Crippen molar-refractivity contribution in [2.45, 2.75) is 56.9 Å². The third kappa shape index (κ3) is 3.28. The lowest BCUT2D eigenvalue weighted by molar-refractivity contribution is 0.149. The average Bonchev–Trinajstić information content (AvgIpc) is 3.31. The third-order valence-electron chi connectivity index (χ3n) is 4.73. The van der Waals surface area contributed by atoms with Crippen LogP contribution in [-0.4, -0.2) is 34.3 Å². The van der Waals surface area contributed by atoms with Crippen LogP contribution >= 0.6 is 0 Å². The molecule has 1 aromatic heterocycles. The summed E-state index contributed by atoms with van der Waals surface area (Å²) in [5.74, 6) is 3.80. The third-order valence-corrected chi connectivity index (χ3v) is 4.73. The molecule has 2 unspecified atom stereocenters. The van der Waals surface area contributed by atoms with Crippen LogP contribution in [-0.2, 0) is 0 Å². The molecule has 0 radical (unpaired) electrons. The molecule has 3 N–H and O–H groups in total. The van der Waals surface area contributed by atoms with Gasteiger partial charge in [0.2, 0.25) is 0 Å². The number of hydrogen-bond donors (Lipinski definition) is 3. The molecule has 116 valence electrons. The minimum Gasteiger partial charge on any atom is -0.394 e. The zero-order valence-corrected chi connectivity index (χ0v) is 13.0. The molecule has 5 heteroatoms. The molecule has 0 bridgehead atoms. The Hall–Kier alpha value is -1.36. The highest BCUT2D eigenvalue weighted by atomic mass is 16.3. The van der Waals surface area contributed by atoms with E-state index in [2.05, 4.69) is 27.5 Å². The van der Waals surface area contributed by atoms with Crippen LogP contribution in [0.25, 0.3) is 0 Å². The van der Waals surface area contributed by atoms with E-state index in [4.69, 9.17) is 0 Å². The van der Waals surface area contributed by atoms with Gasteiger partial charge in [0.15, 0.2) is 0 Å². The largest absolute Gasteiger partial charge is 0.394 e. The quantitative estimate of drug-likeness (QED) is 0.778. The average molecular weight is 290 g/mol. The fourth-order valence-electron chi connectivity index (χ4n) is 3.41. The zero-order valence-electron chi connectivity index (χ0n) is 13.0. The van der Waals surface area contributed by atoms with Crippen LogP contribution in [0.5, 0.6) is 0 Å². The van der Waals surface area contributed by atoms with E-state index in [0.717, 1.165) is 36.7 Å². The number of aliphatic hydroxyl groups is 1. The summed E-state index contributed by atoms with van der Waals surface area (Å²) in [6.07, 6.45) is 6.80. The summed E-state index contributed by atoms with van der Waals surface area (Å²) >= 11 is 0. The van der Waals surface area contributed by atoms with Crippen LogP contribution in [0.3, 0.4) is 0 Å². The van der Waals surface area contributed by atoms with E-state index < -0.39 is 0 Å². The molecule has 0 amide bonds. The highest BCUT2D eigenvalue weighted by Gasteiger charge is 2.35. The highest BCUT2D eigenvalue weighted by molar-refractivity contribution is 5.49. The SMILES string of the molecule is CNc1cc(NC2(CO)CCCC(C)C2)nc(C2CC2)n1. The number of rotatable bonds is 5. The van der Waals surface area contributed by atoms with Crippen molar-refractivity contribution in [2.75, 3.05) is 24.3 Å². The van der Waals surface area contributed by atoms with Crippen molar-refractivity contribution in [3.8, 4) is 0 Å². The predicted octanol–water partition coefficient (Wildman–Crippen LogP) is 2.75. The molecule has 5 nitrogen and oxygen atoms in total. The van der Waals surface area contributed by atoms with Gasteiger partial charge in [-0.25, -0.2) is 9.97 Å². The van der Waals surface area contributed by atoms with Crippen LogP contribution in [0.4, 0.5) is 11.6 Å². The second kappa shape index (κ2) is 5.79. The van der Waals surface area contributed by atoms with Gasteiger partial charge in [0, 0.05) is 19.0 Å². The van der Waals surface area contributed by atoms with Gasteiger partial charge < -0.3 is 15.7 Å². The van der Waals surface area contributed by atoms with Crippen molar-refractivity contribution in [3.63, 3.8) is 0 Å². The van der Waals surface area contributed by atoms with Gasteiger partial charge in [0.1, 0.15) is 17.5 Å². The van der Waals surface area contributed by atoms with Gasteiger partial charge >= 0.3 is 0 Å². The van der Waals surface area contributed by atoms with E-state index in [0.29, 0.717) is 11.8 Å². The Morgan fingerprint density at radius 3 is 2.67 bits per heavy atom. The highest BCUT2D eigenvalue weighted by Crippen LogP contribution is 2.40. The first kappa shape index (κ1) is 14.6. The van der Waals surface area contributed by atoms with Crippen molar-refractivity contribution in [1.29, 1.82) is 0 Å². The molecule has 2 atom stereocenters. The van der Waals surface area contributed by atoms with Crippen molar-refractivity contribution >= 4 is 11.6 Å². The smallest absolute Gasteiger partial charge is 0.136 e. The normalized spacial score (nSPS) is 29.2. The number of nitrogens with zero attached hydrogens (tertiary/aromatic N) is 2. The van der Waals surface area contributed by atoms with Gasteiger partial charge in [-0.1, -0.05) is 19.8 Å². The summed E-state index contributed by atoms with van der Waals surface area (Å²) in [7, 11) is 1.88. The van der Waals surface area contributed by atoms with Crippen LogP contribution in [0.15, 0.2) is 6.07 Å². The Labute approximate surface area is 126 Å². The lowest BCUT2D eigenvalue weighted by atomic mass is 9.77. The molecule has 1 aromatic rings. The standard InChI is InChI=1S/C16H26N4O/c1-11-4-3-7-16(9-11,10-21)20-14-8-13(17-2)18-15(19-14)12-5-6-12/h8,11-12,21H,3-7,9-10H2,1-2H3,(H2,17,18,19,20). The van der Waals surface area contributed by atoms with E-state index in [1.165, 1.54) is 19.3 Å². The van der Waals surface area contributed by atoms with E-state index in [9.17, 15) is 5.11 Å². The molecule has 1 heterocycles. The molecular weight excluding hydrogens is 264 g/mol. The zero-order chi connectivity index (χ0) is 14.9. The van der Waals surface area contributed by atoms with Crippen LogP contribution in [0.2, 0.25) is 0 Å². The first-order valence-corrected chi connectivity index (χ1v) is 8.10. The molecule has 0 aliphatic heterocycles. The van der Waals surface area contributed by atoms with E-state index in [1.807, 2.05) is 13.1 Å². The number of aromatic nitrogens is 2. The second-order valence-electron chi connectivity index (χ2n) is 6.79. The van der Waals surface area contributed by atoms with Gasteiger partial charge in [-0.05, 0) is 31.6 Å². The van der Waals surface area contributed by atoms with E-state index in [1.54, 1.807) is 0 Å². The Kier molecular flexibility index (Phi) is 4.02. The molecule has 2 saturated carbocycles. The van der Waals surface area contributed by atoms with Crippen LogP contribution < -0.4 is 10.6 Å². The topological polar surface area (TPSA) is 70.1 Å². The Balaban J connectivity index is 1.83. The van der Waals surface area contributed by atoms with Gasteiger partial charge in [-0.3, -0.25) is 0 Å². The summed E-state index contributed by atoms with van der Waals surface area (Å²) in [6.45, 7) is 2.43. The Bertz CT molecular complexity index is 503. The minimum atomic E-state index is -0.224. The van der Waals surface area contributed by atoms with Crippen molar-refractivity contribution < 1.29 is 5.11 Å². The Morgan fingerprint density at radius 2 is 2.05 bits per heavy atom. The van der Waals surface area contributed by atoms with Crippen molar-refractivity contribution in [1.82, 2.24) is 9.97 Å². The summed E-state index contributed by atoms with van der Waals surface area (Å²) in [5.41, 5.74) is -0.224. The summed E-state index contributed by atoms with van der Waals surface area (Å²) in [5, 5.41) is 16.6. The van der Waals surface area contributed by atoms with Gasteiger partial charge in [0.25, 0.3) is 0 Å². The maximum atomic E-state index is 9.92. The summed E-state index contributed by atoms with van der Waals surface area (Å²) in [4.78, 5) is 9.23. The number of hydrogen-bond acceptors (Lipinski definition) is 5. The maximum absolute atomic E-state index is 9.92. The first-order chi connectivity index (χ1) is 10.1. The van der Waals surface area contributed by atoms with Gasteiger partial charge in [-0.15, -0.1) is 0 Å². The van der Waals surface area contributed by atoms with E-state index >= 15 is 0 Å². The lowest BCUT2D eigenvalue weighted by Gasteiger charge is -2.39.